The molecule has 2 nitrogen and oxygen atoms in total. The fourth-order valence-corrected chi connectivity index (χ4v) is 5.94. The summed E-state index contributed by atoms with van der Waals surface area (Å²) in [7, 11) is 0. The van der Waals surface area contributed by atoms with E-state index in [1.54, 1.807) is 6.92 Å². The van der Waals surface area contributed by atoms with Gasteiger partial charge in [-0.25, -0.2) is 0 Å². The van der Waals surface area contributed by atoms with Crippen molar-refractivity contribution in [1.82, 2.24) is 0 Å². The average Bonchev–Trinajstić information content (AvgIpc) is 2.96. The summed E-state index contributed by atoms with van der Waals surface area (Å²) in [4.78, 5) is 14.5. The van der Waals surface area contributed by atoms with Crippen molar-refractivity contribution in [1.29, 1.82) is 0 Å². The third-order valence-corrected chi connectivity index (χ3v) is 8.32. The Morgan fingerprint density at radius 2 is 1.08 bits per heavy atom. The zero-order valence-corrected chi connectivity index (χ0v) is 23.5. The Kier molecular flexibility index (Phi) is 7.84. The molecule has 0 spiro atoms. The van der Waals surface area contributed by atoms with E-state index in [9.17, 15) is 4.79 Å². The van der Waals surface area contributed by atoms with E-state index >= 15 is 0 Å². The maximum Gasteiger partial charge on any atom is 0.162 e. The van der Waals surface area contributed by atoms with Crippen LogP contribution in [0.1, 0.15) is 66.8 Å². The van der Waals surface area contributed by atoms with Crippen LogP contribution in [0.25, 0.3) is 0 Å². The van der Waals surface area contributed by atoms with E-state index in [4.69, 9.17) is 0 Å². The summed E-state index contributed by atoms with van der Waals surface area (Å²) in [5.41, 5.74) is 10.4. The molecule has 0 bridgehead atoms. The first-order valence-electron chi connectivity index (χ1n) is 14.2. The number of rotatable bonds is 8. The molecule has 0 aliphatic heterocycles. The highest BCUT2D eigenvalue weighted by atomic mass is 16.1. The summed E-state index contributed by atoms with van der Waals surface area (Å²) >= 11 is 0. The van der Waals surface area contributed by atoms with Crippen molar-refractivity contribution >= 4 is 22.8 Å². The molecule has 0 saturated heterocycles. The van der Waals surface area contributed by atoms with E-state index in [0.29, 0.717) is 12.0 Å². The van der Waals surface area contributed by atoms with Gasteiger partial charge in [-0.1, -0.05) is 97.6 Å². The Bertz CT molecular complexity index is 1380. The van der Waals surface area contributed by atoms with Crippen LogP contribution in [0.2, 0.25) is 0 Å². The van der Waals surface area contributed by atoms with Crippen LogP contribution in [0.4, 0.5) is 17.1 Å². The monoisotopic (exact) mass is 513 g/mol. The lowest BCUT2D eigenvalue weighted by Crippen LogP contribution is -2.30. The summed E-state index contributed by atoms with van der Waals surface area (Å²) in [5, 5.41) is 0. The molecule has 5 rings (SSSR count). The molecule has 0 N–H and O–H groups in total. The zero-order chi connectivity index (χ0) is 27.4. The van der Waals surface area contributed by atoms with E-state index in [1.165, 1.54) is 41.5 Å². The molecule has 0 unspecified atom stereocenters. The number of carbonyl (C=O) groups excluding carboxylic acids is 1. The van der Waals surface area contributed by atoms with E-state index in [0.717, 1.165) is 35.5 Å². The molecule has 198 valence electrons. The Labute approximate surface area is 234 Å². The second kappa shape index (κ2) is 11.5. The van der Waals surface area contributed by atoms with Crippen molar-refractivity contribution in [2.45, 2.75) is 64.7 Å². The normalized spacial score (nSPS) is 14.5. The number of anilines is 3. The van der Waals surface area contributed by atoms with Crippen LogP contribution < -0.4 is 4.90 Å². The molecule has 1 aliphatic rings. The standard InChI is InChI=1S/C37H39NO/c1-27(2)36(39)26-30-12-14-31(15-13-30)37(24-6-5-7-25-37)32-16-22-35(23-17-32)38(33-18-8-28(3)9-19-33)34-20-10-29(4)11-21-34/h8-23H,1,5-7,24-26H2,2-4H3. The first-order valence-corrected chi connectivity index (χ1v) is 14.2. The Balaban J connectivity index is 1.50. The number of carbonyl (C=O) groups is 1. The highest BCUT2D eigenvalue weighted by Crippen LogP contribution is 2.46. The molecule has 2 heteroatoms. The summed E-state index contributed by atoms with van der Waals surface area (Å²) in [6.07, 6.45) is 6.48. The fourth-order valence-electron chi connectivity index (χ4n) is 5.94. The zero-order valence-electron chi connectivity index (χ0n) is 23.5. The molecule has 0 aromatic heterocycles. The molecule has 1 fully saturated rings. The summed E-state index contributed by atoms with van der Waals surface area (Å²) in [5.74, 6) is 0.109. The van der Waals surface area contributed by atoms with Gasteiger partial charge in [0.25, 0.3) is 0 Å². The molecule has 0 heterocycles. The van der Waals surface area contributed by atoms with E-state index in [1.807, 2.05) is 0 Å². The lowest BCUT2D eigenvalue weighted by Gasteiger charge is -2.39. The Morgan fingerprint density at radius 1 is 0.667 bits per heavy atom. The third kappa shape index (κ3) is 5.76. The van der Waals surface area contributed by atoms with Crippen molar-refractivity contribution in [3.63, 3.8) is 0 Å². The SMILES string of the molecule is C=C(C)C(=O)Cc1ccc(C2(c3ccc(N(c4ccc(C)cc4)c4ccc(C)cc4)cc3)CCCCC2)cc1. The molecule has 0 amide bonds. The van der Waals surface area contributed by atoms with E-state index in [-0.39, 0.29) is 11.2 Å². The number of aryl methyl sites for hydroxylation is 2. The van der Waals surface area contributed by atoms with Gasteiger partial charge in [0.2, 0.25) is 0 Å². The largest absolute Gasteiger partial charge is 0.311 e. The smallest absolute Gasteiger partial charge is 0.162 e. The van der Waals surface area contributed by atoms with Gasteiger partial charge in [0.1, 0.15) is 0 Å². The molecule has 1 saturated carbocycles. The number of ketones is 1. The predicted molar refractivity (Wildman–Crippen MR) is 164 cm³/mol. The van der Waals surface area contributed by atoms with Crippen LogP contribution in [0.15, 0.2) is 109 Å². The number of allylic oxidation sites excluding steroid dienone is 1. The van der Waals surface area contributed by atoms with Crippen molar-refractivity contribution in [3.05, 3.63) is 137 Å². The van der Waals surface area contributed by atoms with Gasteiger partial charge in [-0.05, 0) is 92.3 Å². The molecule has 0 atom stereocenters. The van der Waals surface area contributed by atoms with Gasteiger partial charge >= 0.3 is 0 Å². The highest BCUT2D eigenvalue weighted by molar-refractivity contribution is 5.95. The summed E-state index contributed by atoms with van der Waals surface area (Å²) in [6.45, 7) is 9.85. The molecular formula is C37H39NO. The van der Waals surface area contributed by atoms with Gasteiger partial charge in [0, 0.05) is 28.9 Å². The van der Waals surface area contributed by atoms with Crippen LogP contribution in [0, 0.1) is 13.8 Å². The van der Waals surface area contributed by atoms with Crippen LogP contribution in [0.3, 0.4) is 0 Å². The number of hydrogen-bond acceptors (Lipinski definition) is 2. The molecule has 4 aromatic carbocycles. The van der Waals surface area contributed by atoms with Crippen LogP contribution in [-0.2, 0) is 16.6 Å². The second-order valence-electron chi connectivity index (χ2n) is 11.3. The summed E-state index contributed by atoms with van der Waals surface area (Å²) in [6, 6.07) is 35.5. The third-order valence-electron chi connectivity index (χ3n) is 8.32. The average molecular weight is 514 g/mol. The highest BCUT2D eigenvalue weighted by Gasteiger charge is 2.35. The number of nitrogens with zero attached hydrogens (tertiary/aromatic N) is 1. The van der Waals surface area contributed by atoms with Crippen LogP contribution >= 0.6 is 0 Å². The van der Waals surface area contributed by atoms with Crippen molar-refractivity contribution in [2.75, 3.05) is 4.90 Å². The Morgan fingerprint density at radius 3 is 1.51 bits per heavy atom. The topological polar surface area (TPSA) is 20.3 Å². The lowest BCUT2D eigenvalue weighted by molar-refractivity contribution is -0.114. The maximum atomic E-state index is 12.2. The van der Waals surface area contributed by atoms with Crippen LogP contribution in [-0.4, -0.2) is 5.78 Å². The van der Waals surface area contributed by atoms with E-state index < -0.39 is 0 Å². The number of benzene rings is 4. The van der Waals surface area contributed by atoms with E-state index in [2.05, 4.69) is 122 Å². The quantitative estimate of drug-likeness (QED) is 0.219. The maximum absolute atomic E-state index is 12.2. The van der Waals surface area contributed by atoms with Gasteiger partial charge in [-0.15, -0.1) is 0 Å². The Hall–Kier alpha value is -3.91. The van der Waals surface area contributed by atoms with Gasteiger partial charge in [0.05, 0.1) is 0 Å². The molecule has 0 radical (unpaired) electrons. The van der Waals surface area contributed by atoms with Gasteiger partial charge in [0.15, 0.2) is 5.78 Å². The number of hydrogen-bond donors (Lipinski definition) is 0. The molecule has 4 aromatic rings. The van der Waals surface area contributed by atoms with Crippen LogP contribution in [0.5, 0.6) is 0 Å². The van der Waals surface area contributed by atoms with Crippen molar-refractivity contribution in [3.8, 4) is 0 Å². The second-order valence-corrected chi connectivity index (χ2v) is 11.3. The first kappa shape index (κ1) is 26.7. The minimum absolute atomic E-state index is 0.00617. The van der Waals surface area contributed by atoms with Gasteiger partial charge in [-0.3, -0.25) is 4.79 Å². The fraction of sp³-hybridized carbons (Fsp3) is 0.270. The van der Waals surface area contributed by atoms with Crippen molar-refractivity contribution < 1.29 is 4.79 Å². The lowest BCUT2D eigenvalue weighted by atomic mass is 9.65. The predicted octanol–water partition coefficient (Wildman–Crippen LogP) is 9.71. The number of Topliss-reactive ketones (excluding diaryl/α,β-unsaturated/α-hetero) is 1. The minimum Gasteiger partial charge on any atom is -0.311 e. The van der Waals surface area contributed by atoms with Gasteiger partial charge < -0.3 is 4.90 Å². The molecule has 1 aliphatic carbocycles. The first-order chi connectivity index (χ1) is 18.9. The molecular weight excluding hydrogens is 474 g/mol. The van der Waals surface area contributed by atoms with Crippen molar-refractivity contribution in [2.24, 2.45) is 0 Å². The van der Waals surface area contributed by atoms with Gasteiger partial charge in [-0.2, -0.15) is 0 Å². The summed E-state index contributed by atoms with van der Waals surface area (Å²) < 4.78 is 0. The minimum atomic E-state index is 0.00617. The molecule has 39 heavy (non-hydrogen) atoms.